The lowest BCUT2D eigenvalue weighted by molar-refractivity contribution is 0.0692. The van der Waals surface area contributed by atoms with Crippen molar-refractivity contribution in [3.8, 4) is 11.5 Å². The summed E-state index contributed by atoms with van der Waals surface area (Å²) in [5.74, 6) is -1.07. The number of aromatic carboxylic acids is 1. The fourth-order valence-electron chi connectivity index (χ4n) is 1.02. The molecule has 8 nitrogen and oxygen atoms in total. The van der Waals surface area contributed by atoms with Crippen LogP contribution in [0, 0.1) is 0 Å². The number of imidazole rings is 1. The first kappa shape index (κ1) is 8.23. The molecule has 0 aromatic carbocycles. The van der Waals surface area contributed by atoms with Gasteiger partial charge in [0.05, 0.1) is 6.33 Å². The number of aromatic nitrogens is 5. The standard InChI is InChI=1S/C6H5N5O3/c12-5(13)3-2(7-1-8-3)4-9-6(14)11-10-4/h1H,(H,7,8)(H,12,13)(H2,9,10,11,14). The van der Waals surface area contributed by atoms with Crippen LogP contribution in [-0.2, 0) is 0 Å². The highest BCUT2D eigenvalue weighted by Crippen LogP contribution is 2.13. The van der Waals surface area contributed by atoms with Crippen LogP contribution < -0.4 is 5.69 Å². The summed E-state index contributed by atoms with van der Waals surface area (Å²) in [7, 11) is 0. The molecule has 14 heavy (non-hydrogen) atoms. The van der Waals surface area contributed by atoms with Gasteiger partial charge >= 0.3 is 11.7 Å². The van der Waals surface area contributed by atoms with E-state index in [1.165, 1.54) is 6.33 Å². The van der Waals surface area contributed by atoms with Gasteiger partial charge in [-0.05, 0) is 0 Å². The summed E-state index contributed by atoms with van der Waals surface area (Å²) >= 11 is 0. The van der Waals surface area contributed by atoms with Crippen molar-refractivity contribution in [3.63, 3.8) is 0 Å². The van der Waals surface area contributed by atoms with Crippen molar-refractivity contribution in [2.45, 2.75) is 0 Å². The molecule has 4 N–H and O–H groups in total. The molecule has 0 saturated heterocycles. The molecule has 0 fully saturated rings. The molecular formula is C6H5N5O3. The molecule has 0 aliphatic carbocycles. The van der Waals surface area contributed by atoms with Gasteiger partial charge in [0, 0.05) is 0 Å². The van der Waals surface area contributed by atoms with E-state index in [1.807, 2.05) is 0 Å². The first-order valence-corrected chi connectivity index (χ1v) is 3.60. The van der Waals surface area contributed by atoms with E-state index < -0.39 is 11.7 Å². The van der Waals surface area contributed by atoms with Gasteiger partial charge in [-0.1, -0.05) is 0 Å². The second-order valence-corrected chi connectivity index (χ2v) is 2.46. The Labute approximate surface area is 76.0 Å². The Morgan fingerprint density at radius 3 is 2.86 bits per heavy atom. The molecule has 0 bridgehead atoms. The van der Waals surface area contributed by atoms with E-state index in [9.17, 15) is 9.59 Å². The highest BCUT2D eigenvalue weighted by molar-refractivity contribution is 5.91. The van der Waals surface area contributed by atoms with Crippen molar-refractivity contribution in [3.05, 3.63) is 22.5 Å². The average Bonchev–Trinajstić information content (AvgIpc) is 2.70. The molecule has 0 amide bonds. The largest absolute Gasteiger partial charge is 0.477 e. The Kier molecular flexibility index (Phi) is 1.67. The third-order valence-electron chi connectivity index (χ3n) is 1.58. The Hall–Kier alpha value is -2.38. The van der Waals surface area contributed by atoms with Gasteiger partial charge in [-0.25, -0.2) is 19.7 Å². The Balaban J connectivity index is 2.56. The molecule has 0 aliphatic heterocycles. The zero-order valence-electron chi connectivity index (χ0n) is 6.74. The summed E-state index contributed by atoms with van der Waals surface area (Å²) in [4.78, 5) is 29.8. The Morgan fingerprint density at radius 1 is 1.50 bits per heavy atom. The van der Waals surface area contributed by atoms with Crippen LogP contribution in [0.5, 0.6) is 0 Å². The average molecular weight is 195 g/mol. The van der Waals surface area contributed by atoms with Crippen LogP contribution in [-0.4, -0.2) is 36.2 Å². The molecular weight excluding hydrogens is 190 g/mol. The van der Waals surface area contributed by atoms with Gasteiger partial charge in [-0.15, -0.1) is 0 Å². The zero-order chi connectivity index (χ0) is 10.1. The molecule has 0 spiro atoms. The normalized spacial score (nSPS) is 10.3. The molecule has 0 radical (unpaired) electrons. The molecule has 0 saturated carbocycles. The second-order valence-electron chi connectivity index (χ2n) is 2.46. The number of carboxylic acid groups (broad SMARTS) is 1. The Morgan fingerprint density at radius 2 is 2.29 bits per heavy atom. The number of hydrogen-bond donors (Lipinski definition) is 4. The second kappa shape index (κ2) is 2.83. The van der Waals surface area contributed by atoms with Gasteiger partial charge in [-0.3, -0.25) is 4.98 Å². The maximum Gasteiger partial charge on any atom is 0.354 e. The molecule has 2 rings (SSSR count). The summed E-state index contributed by atoms with van der Waals surface area (Å²) in [6.07, 6.45) is 1.21. The van der Waals surface area contributed by atoms with Crippen LogP contribution in [0.3, 0.4) is 0 Å². The third kappa shape index (κ3) is 1.18. The van der Waals surface area contributed by atoms with Gasteiger partial charge in [0.2, 0.25) is 0 Å². The van der Waals surface area contributed by atoms with Crippen LogP contribution in [0.1, 0.15) is 10.5 Å². The van der Waals surface area contributed by atoms with Crippen LogP contribution >= 0.6 is 0 Å². The maximum absolute atomic E-state index is 10.7. The lowest BCUT2D eigenvalue weighted by Gasteiger charge is -1.91. The summed E-state index contributed by atoms with van der Waals surface area (Å²) < 4.78 is 0. The minimum absolute atomic E-state index is 0.0913. The Bertz CT molecular complexity index is 521. The number of aromatic amines is 3. The molecule has 2 aromatic rings. The van der Waals surface area contributed by atoms with E-state index in [1.54, 1.807) is 0 Å². The number of H-pyrrole nitrogens is 3. The highest BCUT2D eigenvalue weighted by Gasteiger charge is 2.16. The van der Waals surface area contributed by atoms with Gasteiger partial charge in [0.25, 0.3) is 0 Å². The van der Waals surface area contributed by atoms with E-state index in [4.69, 9.17) is 5.11 Å². The van der Waals surface area contributed by atoms with E-state index in [0.29, 0.717) is 0 Å². The summed E-state index contributed by atoms with van der Waals surface area (Å²) in [6, 6.07) is 0. The quantitative estimate of drug-likeness (QED) is 0.498. The summed E-state index contributed by atoms with van der Waals surface area (Å²) in [6.45, 7) is 0. The van der Waals surface area contributed by atoms with Gasteiger partial charge < -0.3 is 10.1 Å². The maximum atomic E-state index is 10.7. The minimum Gasteiger partial charge on any atom is -0.477 e. The topological polar surface area (TPSA) is 128 Å². The monoisotopic (exact) mass is 195 g/mol. The molecule has 0 aliphatic rings. The van der Waals surface area contributed by atoms with E-state index in [2.05, 4.69) is 25.1 Å². The number of carbonyl (C=O) groups is 1. The van der Waals surface area contributed by atoms with E-state index >= 15 is 0 Å². The van der Waals surface area contributed by atoms with Gasteiger partial charge in [0.15, 0.2) is 11.5 Å². The van der Waals surface area contributed by atoms with Gasteiger partial charge in [-0.2, -0.15) is 5.10 Å². The molecule has 2 heterocycles. The molecule has 72 valence electrons. The van der Waals surface area contributed by atoms with Crippen molar-refractivity contribution in [1.29, 1.82) is 0 Å². The number of nitrogens with one attached hydrogen (secondary N) is 3. The predicted octanol–water partition coefficient (Wildman–Crippen LogP) is -0.814. The van der Waals surface area contributed by atoms with Crippen molar-refractivity contribution in [1.82, 2.24) is 25.1 Å². The van der Waals surface area contributed by atoms with Crippen molar-refractivity contribution in [2.75, 3.05) is 0 Å². The van der Waals surface area contributed by atoms with Crippen molar-refractivity contribution in [2.24, 2.45) is 0 Å². The van der Waals surface area contributed by atoms with E-state index in [-0.39, 0.29) is 17.2 Å². The summed E-state index contributed by atoms with van der Waals surface area (Å²) in [5, 5.41) is 14.4. The summed E-state index contributed by atoms with van der Waals surface area (Å²) in [5.41, 5.74) is -0.539. The fourth-order valence-corrected chi connectivity index (χ4v) is 1.02. The van der Waals surface area contributed by atoms with E-state index in [0.717, 1.165) is 0 Å². The lowest BCUT2D eigenvalue weighted by atomic mass is 10.3. The highest BCUT2D eigenvalue weighted by atomic mass is 16.4. The molecule has 0 atom stereocenters. The van der Waals surface area contributed by atoms with Crippen molar-refractivity contribution >= 4 is 5.97 Å². The van der Waals surface area contributed by atoms with Crippen LogP contribution in [0.2, 0.25) is 0 Å². The smallest absolute Gasteiger partial charge is 0.354 e. The predicted molar refractivity (Wildman–Crippen MR) is 43.7 cm³/mol. The molecule has 0 unspecified atom stereocenters. The lowest BCUT2D eigenvalue weighted by Crippen LogP contribution is -2.02. The van der Waals surface area contributed by atoms with Crippen LogP contribution in [0.4, 0.5) is 0 Å². The van der Waals surface area contributed by atoms with Crippen LogP contribution in [0.25, 0.3) is 11.5 Å². The molecule has 8 heteroatoms. The van der Waals surface area contributed by atoms with Gasteiger partial charge in [0.1, 0.15) is 5.69 Å². The number of carboxylic acids is 1. The first-order chi connectivity index (χ1) is 6.68. The zero-order valence-corrected chi connectivity index (χ0v) is 6.74. The minimum atomic E-state index is -1.17. The fraction of sp³-hybridized carbons (Fsp3) is 0. The number of rotatable bonds is 2. The number of hydrogen-bond acceptors (Lipinski definition) is 4. The van der Waals surface area contributed by atoms with Crippen molar-refractivity contribution < 1.29 is 9.90 Å². The first-order valence-electron chi connectivity index (χ1n) is 3.60. The third-order valence-corrected chi connectivity index (χ3v) is 1.58. The van der Waals surface area contributed by atoms with Crippen LogP contribution in [0.15, 0.2) is 11.1 Å². The molecule has 2 aromatic heterocycles. The number of nitrogens with zero attached hydrogens (tertiary/aromatic N) is 2. The SMILES string of the molecule is O=C(O)c1[nH]cnc1-c1n[nH]c(=O)[nH]1.